The molecule has 0 aliphatic carbocycles. The average Bonchev–Trinajstić information content (AvgIpc) is 2.25. The molecule has 0 saturated heterocycles. The molecule has 0 saturated carbocycles. The van der Waals surface area contributed by atoms with Gasteiger partial charge in [0, 0.05) is 6.61 Å². The minimum Gasteiger partial charge on any atom is -0.375 e. The van der Waals surface area contributed by atoms with E-state index in [1.807, 2.05) is 30.3 Å². The Morgan fingerprint density at radius 3 is 2.47 bits per heavy atom. The van der Waals surface area contributed by atoms with E-state index in [-0.39, 0.29) is 12.0 Å². The summed E-state index contributed by atoms with van der Waals surface area (Å²) in [7, 11) is 0. The Bertz CT molecular complexity index is 267. The number of hydrogen-bond donors (Lipinski definition) is 0. The predicted octanol–water partition coefficient (Wildman–Crippen LogP) is 3.64. The molecular weight excluding hydrogens is 222 g/mol. The zero-order chi connectivity index (χ0) is 11.1. The van der Waals surface area contributed by atoms with Crippen LogP contribution in [-0.4, -0.2) is 19.6 Å². The van der Waals surface area contributed by atoms with Crippen molar-refractivity contribution in [1.29, 1.82) is 0 Å². The molecule has 0 radical (unpaired) electrons. The number of rotatable bonds is 6. The van der Waals surface area contributed by atoms with Crippen molar-refractivity contribution >= 4 is 11.6 Å². The van der Waals surface area contributed by atoms with Crippen molar-refractivity contribution in [2.24, 2.45) is 0 Å². The highest BCUT2D eigenvalue weighted by Gasteiger charge is 2.08. The third-order valence-corrected chi connectivity index (χ3v) is 2.39. The number of ether oxygens (including phenoxy) is 1. The van der Waals surface area contributed by atoms with Crippen molar-refractivity contribution < 1.29 is 13.5 Å². The third kappa shape index (κ3) is 5.09. The molecule has 0 bridgehead atoms. The van der Waals surface area contributed by atoms with Gasteiger partial charge in [-0.3, -0.25) is 0 Å². The first kappa shape index (κ1) is 12.4. The molecule has 1 unspecified atom stereocenters. The smallest absolute Gasteiger partial charge is 0.261 e. The summed E-state index contributed by atoms with van der Waals surface area (Å²) in [6.45, 7) is -0.258. The van der Waals surface area contributed by atoms with E-state index in [9.17, 15) is 8.78 Å². The summed E-state index contributed by atoms with van der Waals surface area (Å²) in [5.41, 5.74) is 0.986. The molecule has 0 aromatic heterocycles. The molecule has 0 spiro atoms. The normalized spacial score (nSPS) is 13.1. The lowest BCUT2D eigenvalue weighted by molar-refractivity contribution is 0.0165. The zero-order valence-corrected chi connectivity index (χ0v) is 8.96. The topological polar surface area (TPSA) is 9.23 Å². The van der Waals surface area contributed by atoms with Crippen LogP contribution in [0.1, 0.15) is 17.4 Å². The van der Waals surface area contributed by atoms with Gasteiger partial charge in [0.25, 0.3) is 6.43 Å². The number of halogens is 3. The molecule has 0 aliphatic heterocycles. The van der Waals surface area contributed by atoms with Crippen LogP contribution in [0.4, 0.5) is 8.78 Å². The van der Waals surface area contributed by atoms with Gasteiger partial charge in [-0.15, -0.1) is 11.6 Å². The number of benzene rings is 1. The Hall–Kier alpha value is -0.670. The lowest BCUT2D eigenvalue weighted by atomic mass is 10.1. The molecule has 1 atom stereocenters. The Labute approximate surface area is 93.0 Å². The van der Waals surface area contributed by atoms with Crippen molar-refractivity contribution in [2.75, 3.05) is 13.2 Å². The van der Waals surface area contributed by atoms with Crippen LogP contribution in [0.5, 0.6) is 0 Å². The first-order valence-electron chi connectivity index (χ1n) is 4.75. The molecule has 4 heteroatoms. The first-order valence-corrected chi connectivity index (χ1v) is 5.18. The van der Waals surface area contributed by atoms with Crippen molar-refractivity contribution in [3.8, 4) is 0 Å². The monoisotopic (exact) mass is 234 g/mol. The second kappa shape index (κ2) is 6.75. The molecule has 84 valence electrons. The SMILES string of the molecule is FC(F)COCCC(Cl)c1ccccc1. The van der Waals surface area contributed by atoms with Crippen LogP contribution in [0.2, 0.25) is 0 Å². The molecule has 0 amide bonds. The third-order valence-electron chi connectivity index (χ3n) is 1.92. The van der Waals surface area contributed by atoms with Gasteiger partial charge in [0.2, 0.25) is 0 Å². The molecule has 0 aliphatic rings. The van der Waals surface area contributed by atoms with Gasteiger partial charge in [-0.25, -0.2) is 8.78 Å². The summed E-state index contributed by atoms with van der Waals surface area (Å²) in [6.07, 6.45) is -1.87. The highest BCUT2D eigenvalue weighted by atomic mass is 35.5. The highest BCUT2D eigenvalue weighted by molar-refractivity contribution is 6.20. The van der Waals surface area contributed by atoms with E-state index in [0.717, 1.165) is 5.56 Å². The Kier molecular flexibility index (Phi) is 5.58. The van der Waals surface area contributed by atoms with Gasteiger partial charge in [-0.2, -0.15) is 0 Å². The first-order chi connectivity index (χ1) is 7.20. The molecule has 0 fully saturated rings. The standard InChI is InChI=1S/C11H13ClF2O/c12-10(6-7-15-8-11(13)14)9-4-2-1-3-5-9/h1-5,10-11H,6-8H2. The Balaban J connectivity index is 2.22. The predicted molar refractivity (Wildman–Crippen MR) is 56.5 cm³/mol. The van der Waals surface area contributed by atoms with Gasteiger partial charge in [0.15, 0.2) is 0 Å². The second-order valence-corrected chi connectivity index (χ2v) is 3.66. The van der Waals surface area contributed by atoms with E-state index in [1.165, 1.54) is 0 Å². The van der Waals surface area contributed by atoms with Crippen molar-refractivity contribution in [2.45, 2.75) is 18.2 Å². The molecule has 1 aromatic carbocycles. The highest BCUT2D eigenvalue weighted by Crippen LogP contribution is 2.23. The van der Waals surface area contributed by atoms with Crippen LogP contribution in [0.3, 0.4) is 0 Å². The van der Waals surface area contributed by atoms with Gasteiger partial charge in [-0.1, -0.05) is 30.3 Å². The minimum absolute atomic E-state index is 0.177. The molecule has 0 heterocycles. The van der Waals surface area contributed by atoms with Crippen LogP contribution < -0.4 is 0 Å². The van der Waals surface area contributed by atoms with Gasteiger partial charge in [0.1, 0.15) is 6.61 Å². The molecule has 15 heavy (non-hydrogen) atoms. The van der Waals surface area contributed by atoms with Crippen LogP contribution in [0.15, 0.2) is 30.3 Å². The van der Waals surface area contributed by atoms with Gasteiger partial charge >= 0.3 is 0 Å². The molecule has 1 aromatic rings. The maximum Gasteiger partial charge on any atom is 0.261 e. The summed E-state index contributed by atoms with van der Waals surface area (Å²) >= 11 is 6.05. The largest absolute Gasteiger partial charge is 0.375 e. The van der Waals surface area contributed by atoms with Crippen molar-refractivity contribution in [3.63, 3.8) is 0 Å². The quantitative estimate of drug-likeness (QED) is 0.539. The zero-order valence-electron chi connectivity index (χ0n) is 8.20. The minimum atomic E-state index is -2.41. The maximum atomic E-state index is 11.7. The van der Waals surface area contributed by atoms with Crippen LogP contribution in [0.25, 0.3) is 0 Å². The summed E-state index contributed by atoms with van der Waals surface area (Å²) in [4.78, 5) is 0. The van der Waals surface area contributed by atoms with E-state index in [0.29, 0.717) is 6.42 Å². The van der Waals surface area contributed by atoms with E-state index in [4.69, 9.17) is 16.3 Å². The molecular formula is C11H13ClF2O. The van der Waals surface area contributed by atoms with Crippen molar-refractivity contribution in [3.05, 3.63) is 35.9 Å². The summed E-state index contributed by atoms with van der Waals surface area (Å²) in [5.74, 6) is 0. The number of alkyl halides is 3. The lowest BCUT2D eigenvalue weighted by Gasteiger charge is -2.09. The molecule has 1 nitrogen and oxygen atoms in total. The van der Waals surface area contributed by atoms with E-state index in [1.54, 1.807) is 0 Å². The average molecular weight is 235 g/mol. The lowest BCUT2D eigenvalue weighted by Crippen LogP contribution is -2.06. The van der Waals surface area contributed by atoms with Gasteiger partial charge < -0.3 is 4.74 Å². The van der Waals surface area contributed by atoms with Crippen LogP contribution in [-0.2, 0) is 4.74 Å². The Morgan fingerprint density at radius 1 is 1.20 bits per heavy atom. The van der Waals surface area contributed by atoms with Crippen LogP contribution >= 0.6 is 11.6 Å². The van der Waals surface area contributed by atoms with Crippen molar-refractivity contribution in [1.82, 2.24) is 0 Å². The fraction of sp³-hybridized carbons (Fsp3) is 0.455. The van der Waals surface area contributed by atoms with Gasteiger partial charge in [-0.05, 0) is 12.0 Å². The van der Waals surface area contributed by atoms with E-state index < -0.39 is 13.0 Å². The fourth-order valence-electron chi connectivity index (χ4n) is 1.19. The maximum absolute atomic E-state index is 11.7. The summed E-state index contributed by atoms with van der Waals surface area (Å²) in [5, 5.41) is -0.177. The van der Waals surface area contributed by atoms with Gasteiger partial charge in [0.05, 0.1) is 5.38 Å². The fourth-order valence-corrected chi connectivity index (χ4v) is 1.42. The molecule has 1 rings (SSSR count). The van der Waals surface area contributed by atoms with E-state index >= 15 is 0 Å². The summed E-state index contributed by atoms with van der Waals surface area (Å²) < 4.78 is 28.2. The van der Waals surface area contributed by atoms with E-state index in [2.05, 4.69) is 0 Å². The number of hydrogen-bond acceptors (Lipinski definition) is 1. The van der Waals surface area contributed by atoms with Crippen LogP contribution in [0, 0.1) is 0 Å². The molecule has 0 N–H and O–H groups in total. The Morgan fingerprint density at radius 2 is 1.87 bits per heavy atom. The second-order valence-electron chi connectivity index (χ2n) is 3.13. The summed E-state index contributed by atoms with van der Waals surface area (Å²) in [6, 6.07) is 9.51.